The second-order valence-corrected chi connectivity index (χ2v) is 4.43. The van der Waals surface area contributed by atoms with Crippen LogP contribution in [0.15, 0.2) is 12.1 Å². The second kappa shape index (κ2) is 5.00. The highest BCUT2D eigenvalue weighted by Crippen LogP contribution is 2.38. The Morgan fingerprint density at radius 3 is 2.72 bits per heavy atom. The molecule has 4 nitrogen and oxygen atoms in total. The summed E-state index contributed by atoms with van der Waals surface area (Å²) in [6.07, 6.45) is 0.837. The highest BCUT2D eigenvalue weighted by atomic mass is 35.5. The van der Waals surface area contributed by atoms with Crippen LogP contribution in [-0.2, 0) is 6.42 Å². The maximum Gasteiger partial charge on any atom is 0.130 e. The summed E-state index contributed by atoms with van der Waals surface area (Å²) in [5.41, 5.74) is 6.29. The molecule has 18 heavy (non-hydrogen) atoms. The lowest BCUT2D eigenvalue weighted by molar-refractivity contribution is 0.420. The molecule has 0 bridgehead atoms. The first-order valence-electron chi connectivity index (χ1n) is 5.76. The molecule has 1 aromatic carbocycles. The van der Waals surface area contributed by atoms with Crippen molar-refractivity contribution in [1.29, 1.82) is 0 Å². The van der Waals surface area contributed by atoms with E-state index >= 15 is 0 Å². The van der Waals surface area contributed by atoms with Gasteiger partial charge in [0.2, 0.25) is 0 Å². The number of nitrogens with zero attached hydrogens (tertiary/aromatic N) is 1. The van der Waals surface area contributed by atoms with E-state index in [0.717, 1.165) is 28.8 Å². The number of benzene rings is 1. The number of methoxy groups -OCH3 is 1. The van der Waals surface area contributed by atoms with Crippen LogP contribution in [0, 0.1) is 6.92 Å². The molecule has 96 valence electrons. The number of nitrogens with one attached hydrogen (secondary N) is 1. The zero-order valence-corrected chi connectivity index (χ0v) is 11.4. The minimum absolute atomic E-state index is 0.591. The lowest BCUT2D eigenvalue weighted by atomic mass is 10.0. The summed E-state index contributed by atoms with van der Waals surface area (Å²) in [5, 5.41) is 1.42. The minimum Gasteiger partial charge on any atom is -0.496 e. The van der Waals surface area contributed by atoms with Gasteiger partial charge in [0, 0.05) is 5.69 Å². The lowest BCUT2D eigenvalue weighted by Gasteiger charge is -2.16. The number of nitrogens with two attached hydrogens (primary N) is 1. The summed E-state index contributed by atoms with van der Waals surface area (Å²) in [7, 11) is 1.62. The Bertz CT molecular complexity index is 599. The summed E-state index contributed by atoms with van der Waals surface area (Å²) in [5.74, 6) is 6.37. The molecule has 1 aromatic heterocycles. The van der Waals surface area contributed by atoms with Crippen molar-refractivity contribution in [3.8, 4) is 5.75 Å². The Balaban J connectivity index is 2.97. The maximum atomic E-state index is 6.20. The zero-order valence-electron chi connectivity index (χ0n) is 10.7. The molecular formula is C13H16ClN3O. The highest BCUT2D eigenvalue weighted by Gasteiger charge is 2.16. The van der Waals surface area contributed by atoms with Crippen LogP contribution in [0.2, 0.25) is 5.02 Å². The van der Waals surface area contributed by atoms with E-state index in [1.165, 1.54) is 0 Å². The van der Waals surface area contributed by atoms with Gasteiger partial charge in [-0.1, -0.05) is 18.5 Å². The normalized spacial score (nSPS) is 10.7. The minimum atomic E-state index is 0.591. The Morgan fingerprint density at radius 1 is 1.44 bits per heavy atom. The summed E-state index contributed by atoms with van der Waals surface area (Å²) < 4.78 is 5.37. The number of aryl methyl sites for hydroxylation is 1. The van der Waals surface area contributed by atoms with Crippen LogP contribution in [0.3, 0.4) is 0 Å². The number of nitrogen functional groups attached to an aromatic ring is 1. The van der Waals surface area contributed by atoms with E-state index in [9.17, 15) is 0 Å². The van der Waals surface area contributed by atoms with E-state index in [2.05, 4.69) is 17.3 Å². The number of halogens is 1. The third-order valence-corrected chi connectivity index (χ3v) is 3.38. The first kappa shape index (κ1) is 12.9. The SMILES string of the molecule is CCc1c(C)nc2c(Cl)ccc(OC)c2c1NN. The van der Waals surface area contributed by atoms with Crippen LogP contribution in [0.25, 0.3) is 10.9 Å². The van der Waals surface area contributed by atoms with Crippen molar-refractivity contribution in [1.82, 2.24) is 4.98 Å². The summed E-state index contributed by atoms with van der Waals surface area (Å²) in [6, 6.07) is 3.60. The molecule has 0 aliphatic carbocycles. The third kappa shape index (κ3) is 1.87. The van der Waals surface area contributed by atoms with Gasteiger partial charge in [-0.05, 0) is 31.0 Å². The first-order chi connectivity index (χ1) is 8.63. The number of fused-ring (bicyclic) bond motifs is 1. The van der Waals surface area contributed by atoms with E-state index in [0.29, 0.717) is 16.3 Å². The molecule has 0 saturated heterocycles. The fourth-order valence-electron chi connectivity index (χ4n) is 2.23. The quantitative estimate of drug-likeness (QED) is 0.661. The van der Waals surface area contributed by atoms with Gasteiger partial charge in [-0.3, -0.25) is 10.8 Å². The van der Waals surface area contributed by atoms with Crippen LogP contribution < -0.4 is 16.0 Å². The molecule has 0 atom stereocenters. The number of hydrogen-bond donors (Lipinski definition) is 2. The molecule has 1 heterocycles. The Labute approximate surface area is 111 Å². The lowest BCUT2D eigenvalue weighted by Crippen LogP contribution is -2.12. The molecule has 0 saturated carbocycles. The molecule has 2 rings (SSSR count). The van der Waals surface area contributed by atoms with Crippen LogP contribution in [0.5, 0.6) is 5.75 Å². The van der Waals surface area contributed by atoms with Gasteiger partial charge in [-0.15, -0.1) is 0 Å². The smallest absolute Gasteiger partial charge is 0.130 e. The summed E-state index contributed by atoms with van der Waals surface area (Å²) in [4.78, 5) is 4.56. The van der Waals surface area contributed by atoms with Crippen molar-refractivity contribution < 1.29 is 4.74 Å². The predicted octanol–water partition coefficient (Wildman–Crippen LogP) is 3.05. The molecule has 0 amide bonds. The average molecular weight is 266 g/mol. The van der Waals surface area contributed by atoms with Gasteiger partial charge in [-0.25, -0.2) is 0 Å². The van der Waals surface area contributed by atoms with Crippen molar-refractivity contribution in [2.45, 2.75) is 20.3 Å². The first-order valence-corrected chi connectivity index (χ1v) is 6.14. The number of anilines is 1. The number of hydrogen-bond acceptors (Lipinski definition) is 4. The van der Waals surface area contributed by atoms with Crippen molar-refractivity contribution >= 4 is 28.2 Å². The summed E-state index contributed by atoms with van der Waals surface area (Å²) in [6.45, 7) is 4.02. The van der Waals surface area contributed by atoms with Crippen LogP contribution in [-0.4, -0.2) is 12.1 Å². The number of rotatable bonds is 3. The van der Waals surface area contributed by atoms with E-state index in [1.54, 1.807) is 13.2 Å². The summed E-state index contributed by atoms with van der Waals surface area (Å²) >= 11 is 6.20. The molecule has 2 aromatic rings. The van der Waals surface area contributed by atoms with Crippen molar-refractivity contribution in [2.24, 2.45) is 5.84 Å². The molecule has 3 N–H and O–H groups in total. The molecule has 5 heteroatoms. The van der Waals surface area contributed by atoms with Crippen molar-refractivity contribution in [3.63, 3.8) is 0 Å². The molecule has 0 unspecified atom stereocenters. The zero-order chi connectivity index (χ0) is 13.3. The third-order valence-electron chi connectivity index (χ3n) is 3.08. The number of ether oxygens (including phenoxy) is 1. The number of hydrazine groups is 1. The van der Waals surface area contributed by atoms with Crippen LogP contribution in [0.1, 0.15) is 18.2 Å². The standard InChI is InChI=1S/C13H16ClN3O/c1-4-8-7(2)16-13-9(14)5-6-10(18-3)11(13)12(8)17-15/h5-6H,4,15H2,1-3H3,(H,16,17). The van der Waals surface area contributed by atoms with Gasteiger partial charge in [0.25, 0.3) is 0 Å². The molecule has 0 radical (unpaired) electrons. The Hall–Kier alpha value is -1.52. The van der Waals surface area contributed by atoms with Gasteiger partial charge >= 0.3 is 0 Å². The maximum absolute atomic E-state index is 6.20. The predicted molar refractivity (Wildman–Crippen MR) is 75.2 cm³/mol. The molecular weight excluding hydrogens is 250 g/mol. The van der Waals surface area contributed by atoms with E-state index in [-0.39, 0.29) is 0 Å². The van der Waals surface area contributed by atoms with Crippen molar-refractivity contribution in [3.05, 3.63) is 28.4 Å². The highest BCUT2D eigenvalue weighted by molar-refractivity contribution is 6.35. The fraction of sp³-hybridized carbons (Fsp3) is 0.308. The topological polar surface area (TPSA) is 60.2 Å². The van der Waals surface area contributed by atoms with Gasteiger partial charge in [0.15, 0.2) is 0 Å². The van der Waals surface area contributed by atoms with Crippen LogP contribution >= 0.6 is 11.6 Å². The van der Waals surface area contributed by atoms with E-state index in [1.807, 2.05) is 13.0 Å². The molecule has 0 spiro atoms. The van der Waals surface area contributed by atoms with Gasteiger partial charge in [0.05, 0.1) is 28.7 Å². The number of aromatic nitrogens is 1. The largest absolute Gasteiger partial charge is 0.496 e. The molecule has 0 fully saturated rings. The Kier molecular flexibility index (Phi) is 3.59. The van der Waals surface area contributed by atoms with E-state index < -0.39 is 0 Å². The van der Waals surface area contributed by atoms with E-state index in [4.69, 9.17) is 22.2 Å². The van der Waals surface area contributed by atoms with Crippen LogP contribution in [0.4, 0.5) is 5.69 Å². The molecule has 0 aliphatic rings. The number of pyridine rings is 1. The molecule has 0 aliphatic heterocycles. The van der Waals surface area contributed by atoms with Gasteiger partial charge in [0.1, 0.15) is 5.75 Å². The second-order valence-electron chi connectivity index (χ2n) is 4.02. The van der Waals surface area contributed by atoms with Crippen molar-refractivity contribution in [2.75, 3.05) is 12.5 Å². The average Bonchev–Trinajstić information content (AvgIpc) is 2.38. The van der Waals surface area contributed by atoms with Gasteiger partial charge in [-0.2, -0.15) is 0 Å². The monoisotopic (exact) mass is 265 g/mol. The fourth-order valence-corrected chi connectivity index (χ4v) is 2.43. The Morgan fingerprint density at radius 2 is 2.17 bits per heavy atom. The van der Waals surface area contributed by atoms with Gasteiger partial charge < -0.3 is 10.2 Å².